The van der Waals surface area contributed by atoms with Gasteiger partial charge in [0.1, 0.15) is 5.82 Å². The van der Waals surface area contributed by atoms with Crippen molar-refractivity contribution in [3.63, 3.8) is 0 Å². The summed E-state index contributed by atoms with van der Waals surface area (Å²) >= 11 is 0. The van der Waals surface area contributed by atoms with Crippen molar-refractivity contribution in [3.05, 3.63) is 47.0 Å². The zero-order valence-corrected chi connectivity index (χ0v) is 14.1. The van der Waals surface area contributed by atoms with Crippen molar-refractivity contribution < 1.29 is 9.47 Å². The van der Waals surface area contributed by atoms with Crippen molar-refractivity contribution in [1.82, 2.24) is 15.2 Å². The van der Waals surface area contributed by atoms with Crippen LogP contribution in [0.2, 0.25) is 0 Å². The molecule has 1 saturated heterocycles. The highest BCUT2D eigenvalue weighted by Gasteiger charge is 2.41. The Kier molecular flexibility index (Phi) is 4.78. The lowest BCUT2D eigenvalue weighted by atomic mass is 10.0. The molecule has 0 amide bonds. The number of rotatable bonds is 6. The van der Waals surface area contributed by atoms with Gasteiger partial charge >= 0.3 is 0 Å². The third kappa shape index (κ3) is 3.46. The first-order chi connectivity index (χ1) is 11.1. The van der Waals surface area contributed by atoms with Crippen molar-refractivity contribution in [3.8, 4) is 0 Å². The van der Waals surface area contributed by atoms with Gasteiger partial charge in [-0.05, 0) is 24.0 Å². The molecule has 0 radical (unpaired) electrons. The van der Waals surface area contributed by atoms with E-state index in [1.54, 1.807) is 0 Å². The molecule has 1 aromatic carbocycles. The normalized spacial score (nSPS) is 21.2. The van der Waals surface area contributed by atoms with Gasteiger partial charge in [0, 0.05) is 19.4 Å². The van der Waals surface area contributed by atoms with Crippen LogP contribution >= 0.6 is 0 Å². The second kappa shape index (κ2) is 6.81. The van der Waals surface area contributed by atoms with Gasteiger partial charge in [-0.1, -0.05) is 38.1 Å². The Morgan fingerprint density at radius 3 is 2.70 bits per heavy atom. The fourth-order valence-electron chi connectivity index (χ4n) is 2.97. The SMILES string of the molecule is CCOC1(c2n[nH]c(Cc3ccc(C(C)C)cc3)n2)CCOC1. The highest BCUT2D eigenvalue weighted by atomic mass is 16.6. The largest absolute Gasteiger partial charge is 0.378 e. The van der Waals surface area contributed by atoms with Crippen LogP contribution in [-0.2, 0) is 21.5 Å². The van der Waals surface area contributed by atoms with Crippen LogP contribution in [0.3, 0.4) is 0 Å². The van der Waals surface area contributed by atoms with Gasteiger partial charge in [0.05, 0.1) is 13.2 Å². The van der Waals surface area contributed by atoms with Crippen LogP contribution in [0.25, 0.3) is 0 Å². The summed E-state index contributed by atoms with van der Waals surface area (Å²) in [5, 5.41) is 7.44. The second-order valence-electron chi connectivity index (χ2n) is 6.41. The quantitative estimate of drug-likeness (QED) is 0.889. The number of ether oxygens (including phenoxy) is 2. The van der Waals surface area contributed by atoms with Gasteiger partial charge in [-0.3, -0.25) is 5.10 Å². The average molecular weight is 315 g/mol. The monoisotopic (exact) mass is 315 g/mol. The molecule has 0 bridgehead atoms. The van der Waals surface area contributed by atoms with E-state index in [0.717, 1.165) is 18.7 Å². The summed E-state index contributed by atoms with van der Waals surface area (Å²) in [5.41, 5.74) is 2.10. The summed E-state index contributed by atoms with van der Waals surface area (Å²) in [6, 6.07) is 8.69. The lowest BCUT2D eigenvalue weighted by molar-refractivity contribution is -0.0543. The maximum atomic E-state index is 5.91. The average Bonchev–Trinajstić information content (AvgIpc) is 3.18. The van der Waals surface area contributed by atoms with Crippen molar-refractivity contribution in [1.29, 1.82) is 0 Å². The van der Waals surface area contributed by atoms with Gasteiger partial charge in [0.25, 0.3) is 0 Å². The molecule has 0 aliphatic carbocycles. The number of H-pyrrole nitrogens is 1. The molecule has 5 heteroatoms. The molecule has 0 spiro atoms. The van der Waals surface area contributed by atoms with Crippen molar-refractivity contribution >= 4 is 0 Å². The van der Waals surface area contributed by atoms with Gasteiger partial charge in [-0.2, -0.15) is 5.10 Å². The third-order valence-electron chi connectivity index (χ3n) is 4.36. The maximum absolute atomic E-state index is 5.91. The van der Waals surface area contributed by atoms with E-state index in [9.17, 15) is 0 Å². The lowest BCUT2D eigenvalue weighted by Crippen LogP contribution is -2.31. The second-order valence-corrected chi connectivity index (χ2v) is 6.41. The number of aromatic amines is 1. The van der Waals surface area contributed by atoms with E-state index in [2.05, 4.69) is 53.3 Å². The summed E-state index contributed by atoms with van der Waals surface area (Å²) in [6.45, 7) is 8.25. The van der Waals surface area contributed by atoms with E-state index in [-0.39, 0.29) is 0 Å². The van der Waals surface area contributed by atoms with Gasteiger partial charge in [-0.15, -0.1) is 0 Å². The van der Waals surface area contributed by atoms with Crippen LogP contribution in [0.5, 0.6) is 0 Å². The van der Waals surface area contributed by atoms with E-state index >= 15 is 0 Å². The van der Waals surface area contributed by atoms with Crippen LogP contribution in [-0.4, -0.2) is 35.0 Å². The van der Waals surface area contributed by atoms with Crippen molar-refractivity contribution in [2.24, 2.45) is 0 Å². The van der Waals surface area contributed by atoms with Crippen LogP contribution in [0, 0.1) is 0 Å². The highest BCUT2D eigenvalue weighted by Crippen LogP contribution is 2.32. The first kappa shape index (κ1) is 16.1. The van der Waals surface area contributed by atoms with E-state index in [1.807, 2.05) is 6.92 Å². The molecule has 1 aromatic heterocycles. The Labute approximate surface area is 137 Å². The predicted molar refractivity (Wildman–Crippen MR) is 88.5 cm³/mol. The van der Waals surface area contributed by atoms with Crippen molar-refractivity contribution in [2.75, 3.05) is 19.8 Å². The van der Waals surface area contributed by atoms with Crippen molar-refractivity contribution in [2.45, 2.75) is 45.1 Å². The number of nitrogens with zero attached hydrogens (tertiary/aromatic N) is 2. The van der Waals surface area contributed by atoms with Crippen LogP contribution in [0.15, 0.2) is 24.3 Å². The first-order valence-corrected chi connectivity index (χ1v) is 8.35. The Morgan fingerprint density at radius 2 is 2.09 bits per heavy atom. The summed E-state index contributed by atoms with van der Waals surface area (Å²) < 4.78 is 11.4. The zero-order valence-electron chi connectivity index (χ0n) is 14.1. The fraction of sp³-hybridized carbons (Fsp3) is 0.556. The minimum absolute atomic E-state index is 0.481. The summed E-state index contributed by atoms with van der Waals surface area (Å²) in [7, 11) is 0. The number of benzene rings is 1. The van der Waals surface area contributed by atoms with Crippen LogP contribution in [0.4, 0.5) is 0 Å². The molecule has 3 rings (SSSR count). The molecule has 1 unspecified atom stereocenters. The van der Waals surface area contributed by atoms with E-state index < -0.39 is 5.60 Å². The Morgan fingerprint density at radius 1 is 1.30 bits per heavy atom. The molecule has 5 nitrogen and oxygen atoms in total. The molecule has 1 aliphatic heterocycles. The van der Waals surface area contributed by atoms with E-state index in [4.69, 9.17) is 9.47 Å². The number of nitrogens with one attached hydrogen (secondary N) is 1. The number of hydrogen-bond acceptors (Lipinski definition) is 4. The van der Waals surface area contributed by atoms with Crippen LogP contribution in [0.1, 0.15) is 55.9 Å². The molecular formula is C18H25N3O2. The molecule has 2 heterocycles. The minimum atomic E-state index is -0.481. The molecular weight excluding hydrogens is 290 g/mol. The summed E-state index contributed by atoms with van der Waals surface area (Å²) in [6.07, 6.45) is 1.55. The zero-order chi connectivity index (χ0) is 16.3. The molecule has 1 aliphatic rings. The Hall–Kier alpha value is -1.72. The Bertz CT molecular complexity index is 628. The smallest absolute Gasteiger partial charge is 0.185 e. The molecule has 23 heavy (non-hydrogen) atoms. The molecule has 1 atom stereocenters. The highest BCUT2D eigenvalue weighted by molar-refractivity contribution is 5.26. The van der Waals surface area contributed by atoms with E-state index in [1.165, 1.54) is 11.1 Å². The fourth-order valence-corrected chi connectivity index (χ4v) is 2.97. The molecule has 1 fully saturated rings. The van der Waals surface area contributed by atoms with Gasteiger partial charge < -0.3 is 9.47 Å². The van der Waals surface area contributed by atoms with E-state index in [0.29, 0.717) is 31.6 Å². The predicted octanol–water partition coefficient (Wildman–Crippen LogP) is 3.17. The summed E-state index contributed by atoms with van der Waals surface area (Å²) in [4.78, 5) is 4.66. The van der Waals surface area contributed by atoms with Gasteiger partial charge in [0.15, 0.2) is 11.4 Å². The topological polar surface area (TPSA) is 60.0 Å². The van der Waals surface area contributed by atoms with Gasteiger partial charge in [-0.25, -0.2) is 4.98 Å². The standard InChI is InChI=1S/C18H25N3O2/c1-4-23-18(9-10-22-12-18)17-19-16(20-21-17)11-14-5-7-15(8-6-14)13(2)3/h5-8,13H,4,9-12H2,1-3H3,(H,19,20,21). The molecule has 124 valence electrons. The minimum Gasteiger partial charge on any atom is -0.378 e. The first-order valence-electron chi connectivity index (χ1n) is 8.35. The number of aromatic nitrogens is 3. The Balaban J connectivity index is 1.74. The molecule has 2 aromatic rings. The number of hydrogen-bond donors (Lipinski definition) is 1. The third-order valence-corrected chi connectivity index (χ3v) is 4.36. The maximum Gasteiger partial charge on any atom is 0.185 e. The van der Waals surface area contributed by atoms with Crippen LogP contribution < -0.4 is 0 Å². The lowest BCUT2D eigenvalue weighted by Gasteiger charge is -2.23. The molecule has 1 N–H and O–H groups in total. The molecule has 0 saturated carbocycles. The summed E-state index contributed by atoms with van der Waals surface area (Å²) in [5.74, 6) is 2.13. The van der Waals surface area contributed by atoms with Gasteiger partial charge in [0.2, 0.25) is 0 Å².